The van der Waals surface area contributed by atoms with Gasteiger partial charge in [0.25, 0.3) is 0 Å². The van der Waals surface area contributed by atoms with Crippen LogP contribution < -0.4 is 0 Å². The maximum absolute atomic E-state index is 12.0. The van der Waals surface area contributed by atoms with Crippen LogP contribution >= 0.6 is 0 Å². The largest absolute Gasteiger partial charge is 0.459 e. The van der Waals surface area contributed by atoms with Gasteiger partial charge in [-0.3, -0.25) is 4.90 Å². The highest BCUT2D eigenvalue weighted by Gasteiger charge is 2.22. The van der Waals surface area contributed by atoms with Gasteiger partial charge < -0.3 is 9.47 Å². The minimum absolute atomic E-state index is 0.0693. The van der Waals surface area contributed by atoms with Gasteiger partial charge in [-0.15, -0.1) is 0 Å². The molecule has 1 aliphatic heterocycles. The molecule has 0 N–H and O–H groups in total. The number of morpholine rings is 1. The fourth-order valence-corrected chi connectivity index (χ4v) is 2.69. The molecule has 1 atom stereocenters. The van der Waals surface area contributed by atoms with Gasteiger partial charge in [-0.1, -0.05) is 48.5 Å². The second-order valence-corrected chi connectivity index (χ2v) is 5.68. The van der Waals surface area contributed by atoms with Crippen LogP contribution in [0.4, 0.5) is 0 Å². The first-order valence-corrected chi connectivity index (χ1v) is 7.91. The monoisotopic (exact) mass is 311 g/mol. The highest BCUT2D eigenvalue weighted by Crippen LogP contribution is 2.11. The first-order valence-electron chi connectivity index (χ1n) is 7.91. The number of hydrogen-bond donors (Lipinski definition) is 0. The van der Waals surface area contributed by atoms with Crippen LogP contribution in [0.25, 0.3) is 0 Å². The summed E-state index contributed by atoms with van der Waals surface area (Å²) in [6.07, 6.45) is -0.0693. The summed E-state index contributed by atoms with van der Waals surface area (Å²) in [5, 5.41) is 0. The molecule has 3 rings (SSSR count). The van der Waals surface area contributed by atoms with E-state index in [9.17, 15) is 4.79 Å². The molecule has 1 fully saturated rings. The quantitative estimate of drug-likeness (QED) is 0.796. The summed E-state index contributed by atoms with van der Waals surface area (Å²) in [5.41, 5.74) is 1.86. The van der Waals surface area contributed by atoms with Crippen LogP contribution in [0.15, 0.2) is 60.7 Å². The maximum atomic E-state index is 12.0. The molecule has 1 aliphatic rings. The Kier molecular flexibility index (Phi) is 5.40. The van der Waals surface area contributed by atoms with E-state index in [1.54, 1.807) is 12.1 Å². The van der Waals surface area contributed by atoms with Crippen molar-refractivity contribution in [3.63, 3.8) is 0 Å². The van der Waals surface area contributed by atoms with Crippen LogP contribution in [0.3, 0.4) is 0 Å². The normalized spacial score (nSPS) is 18.5. The van der Waals surface area contributed by atoms with Crippen molar-refractivity contribution in [2.45, 2.75) is 12.6 Å². The Labute approximate surface area is 136 Å². The van der Waals surface area contributed by atoms with Crippen molar-refractivity contribution in [2.75, 3.05) is 26.3 Å². The van der Waals surface area contributed by atoms with Crippen molar-refractivity contribution in [3.05, 3.63) is 71.8 Å². The van der Waals surface area contributed by atoms with E-state index >= 15 is 0 Å². The van der Waals surface area contributed by atoms with Gasteiger partial charge in [0.2, 0.25) is 0 Å². The Bertz CT molecular complexity index is 615. The lowest BCUT2D eigenvalue weighted by Crippen LogP contribution is -2.44. The first-order chi connectivity index (χ1) is 11.3. The second kappa shape index (κ2) is 7.90. The Morgan fingerprint density at radius 1 is 1.09 bits per heavy atom. The topological polar surface area (TPSA) is 38.8 Å². The Morgan fingerprint density at radius 2 is 1.78 bits per heavy atom. The summed E-state index contributed by atoms with van der Waals surface area (Å²) in [5.74, 6) is -0.297. The van der Waals surface area contributed by atoms with Gasteiger partial charge >= 0.3 is 5.97 Å². The Morgan fingerprint density at radius 3 is 2.52 bits per heavy atom. The molecule has 4 nitrogen and oxygen atoms in total. The number of rotatable bonds is 5. The minimum Gasteiger partial charge on any atom is -0.459 e. The lowest BCUT2D eigenvalue weighted by molar-refractivity contribution is -0.0612. The van der Waals surface area contributed by atoms with Gasteiger partial charge in [0.1, 0.15) is 12.7 Å². The van der Waals surface area contributed by atoms with Gasteiger partial charge in [0, 0.05) is 19.6 Å². The number of benzene rings is 2. The molecule has 23 heavy (non-hydrogen) atoms. The van der Waals surface area contributed by atoms with Crippen LogP contribution in [-0.2, 0) is 16.0 Å². The van der Waals surface area contributed by atoms with Crippen molar-refractivity contribution in [2.24, 2.45) is 0 Å². The van der Waals surface area contributed by atoms with Crippen LogP contribution in [0.1, 0.15) is 15.9 Å². The zero-order chi connectivity index (χ0) is 15.9. The van der Waals surface area contributed by atoms with E-state index in [0.717, 1.165) is 19.6 Å². The van der Waals surface area contributed by atoms with Crippen molar-refractivity contribution < 1.29 is 14.3 Å². The molecule has 2 aromatic carbocycles. The summed E-state index contributed by atoms with van der Waals surface area (Å²) in [7, 11) is 0. The van der Waals surface area contributed by atoms with E-state index in [-0.39, 0.29) is 12.1 Å². The third-order valence-corrected chi connectivity index (χ3v) is 3.88. The molecule has 120 valence electrons. The molecule has 2 aromatic rings. The molecular formula is C19H21NO3. The molecule has 0 bridgehead atoms. The number of ether oxygens (including phenoxy) is 2. The molecule has 0 unspecified atom stereocenters. The fourth-order valence-electron chi connectivity index (χ4n) is 2.69. The first kappa shape index (κ1) is 15.7. The third-order valence-electron chi connectivity index (χ3n) is 3.88. The molecule has 1 saturated heterocycles. The highest BCUT2D eigenvalue weighted by molar-refractivity contribution is 5.89. The molecule has 0 saturated carbocycles. The van der Waals surface area contributed by atoms with Crippen molar-refractivity contribution in [1.29, 1.82) is 0 Å². The lowest BCUT2D eigenvalue weighted by atomic mass is 10.2. The average Bonchev–Trinajstić information content (AvgIpc) is 2.62. The number of nitrogens with zero attached hydrogens (tertiary/aromatic N) is 1. The molecule has 0 aromatic heterocycles. The van der Waals surface area contributed by atoms with Gasteiger partial charge in [-0.05, 0) is 17.7 Å². The fraction of sp³-hybridized carbons (Fsp3) is 0.316. The Balaban J connectivity index is 1.48. The van der Waals surface area contributed by atoms with Crippen LogP contribution in [0.5, 0.6) is 0 Å². The average molecular weight is 311 g/mol. The molecule has 0 aliphatic carbocycles. The van der Waals surface area contributed by atoms with Gasteiger partial charge in [-0.25, -0.2) is 4.79 Å². The van der Waals surface area contributed by atoms with E-state index in [1.807, 2.05) is 24.3 Å². The summed E-state index contributed by atoms with van der Waals surface area (Å²) in [6, 6.07) is 19.4. The maximum Gasteiger partial charge on any atom is 0.338 e. The molecular weight excluding hydrogens is 290 g/mol. The standard InChI is InChI=1S/C19H21NO3/c21-19(17-9-5-2-6-10-17)23-15-18-14-20(11-12-22-18)13-16-7-3-1-4-8-16/h1-10,18H,11-15H2/t18-/m1/s1. The highest BCUT2D eigenvalue weighted by atomic mass is 16.6. The van der Waals surface area contributed by atoms with Crippen molar-refractivity contribution in [1.82, 2.24) is 4.90 Å². The number of carbonyl (C=O) groups is 1. The Hall–Kier alpha value is -2.17. The number of carbonyl (C=O) groups excluding carboxylic acids is 1. The molecule has 1 heterocycles. The molecule has 0 radical (unpaired) electrons. The van der Waals surface area contributed by atoms with Gasteiger partial charge in [-0.2, -0.15) is 0 Å². The van der Waals surface area contributed by atoms with Crippen LogP contribution in [0, 0.1) is 0 Å². The van der Waals surface area contributed by atoms with E-state index in [4.69, 9.17) is 9.47 Å². The SMILES string of the molecule is O=C(OC[C@H]1CN(Cc2ccccc2)CCO1)c1ccccc1. The van der Waals surface area contributed by atoms with Gasteiger partial charge in [0.15, 0.2) is 0 Å². The van der Waals surface area contributed by atoms with Gasteiger partial charge in [0.05, 0.1) is 12.2 Å². The summed E-state index contributed by atoms with van der Waals surface area (Å²) >= 11 is 0. The predicted octanol–water partition coefficient (Wildman–Crippen LogP) is 2.74. The summed E-state index contributed by atoms with van der Waals surface area (Å²) in [6.45, 7) is 3.53. The predicted molar refractivity (Wildman–Crippen MR) is 88.2 cm³/mol. The van der Waals surface area contributed by atoms with Crippen molar-refractivity contribution >= 4 is 5.97 Å². The minimum atomic E-state index is -0.297. The van der Waals surface area contributed by atoms with E-state index in [1.165, 1.54) is 5.56 Å². The van der Waals surface area contributed by atoms with Crippen molar-refractivity contribution in [3.8, 4) is 0 Å². The number of esters is 1. The smallest absolute Gasteiger partial charge is 0.338 e. The zero-order valence-electron chi connectivity index (χ0n) is 13.1. The van der Waals surface area contributed by atoms with E-state index in [0.29, 0.717) is 18.8 Å². The lowest BCUT2D eigenvalue weighted by Gasteiger charge is -2.32. The summed E-state index contributed by atoms with van der Waals surface area (Å²) < 4.78 is 11.1. The molecule has 0 amide bonds. The van der Waals surface area contributed by atoms with Crippen LogP contribution in [-0.4, -0.2) is 43.3 Å². The molecule has 4 heteroatoms. The summed E-state index contributed by atoms with van der Waals surface area (Å²) in [4.78, 5) is 14.3. The van der Waals surface area contributed by atoms with E-state index < -0.39 is 0 Å². The van der Waals surface area contributed by atoms with E-state index in [2.05, 4.69) is 29.2 Å². The van der Waals surface area contributed by atoms with Crippen LogP contribution in [0.2, 0.25) is 0 Å². The third kappa shape index (κ3) is 4.65. The zero-order valence-corrected chi connectivity index (χ0v) is 13.1. The number of hydrogen-bond acceptors (Lipinski definition) is 4. The molecule has 0 spiro atoms. The second-order valence-electron chi connectivity index (χ2n) is 5.68.